The molecule has 1 amide bonds. The summed E-state index contributed by atoms with van der Waals surface area (Å²) in [6.45, 7) is 4.10. The summed E-state index contributed by atoms with van der Waals surface area (Å²) in [7, 11) is 0. The molecule has 0 aromatic carbocycles. The molecule has 3 rings (SSSR count). The molecule has 1 aliphatic heterocycles. The van der Waals surface area contributed by atoms with Gasteiger partial charge in [0, 0.05) is 18.9 Å². The molecule has 0 radical (unpaired) electrons. The summed E-state index contributed by atoms with van der Waals surface area (Å²) in [5, 5.41) is 2.97. The lowest BCUT2D eigenvalue weighted by molar-refractivity contribution is -0.123. The minimum Gasteiger partial charge on any atom is -0.468 e. The second kappa shape index (κ2) is 7.42. The van der Waals surface area contributed by atoms with Crippen LogP contribution in [0.3, 0.4) is 0 Å². The first-order valence-electron chi connectivity index (χ1n) is 8.15. The van der Waals surface area contributed by atoms with Gasteiger partial charge in [-0.3, -0.25) is 14.7 Å². The van der Waals surface area contributed by atoms with Crippen molar-refractivity contribution in [2.45, 2.75) is 32.4 Å². The van der Waals surface area contributed by atoms with Crippen LogP contribution in [-0.4, -0.2) is 28.9 Å². The Morgan fingerprint density at radius 3 is 3.09 bits per heavy atom. The average Bonchev–Trinajstić information content (AvgIpc) is 3.10. The van der Waals surface area contributed by atoms with Crippen molar-refractivity contribution in [3.8, 4) is 0 Å². The van der Waals surface area contributed by atoms with Crippen molar-refractivity contribution in [1.82, 2.24) is 15.2 Å². The number of pyridine rings is 1. The number of nitrogens with one attached hydrogen (secondary N) is 1. The van der Waals surface area contributed by atoms with E-state index in [0.29, 0.717) is 19.0 Å². The predicted molar refractivity (Wildman–Crippen MR) is 87.5 cm³/mol. The minimum atomic E-state index is 0.0416. The molecule has 2 atom stereocenters. The van der Waals surface area contributed by atoms with Gasteiger partial charge in [-0.1, -0.05) is 13.0 Å². The van der Waals surface area contributed by atoms with E-state index in [4.69, 9.17) is 4.42 Å². The fraction of sp³-hybridized carbons (Fsp3) is 0.444. The number of rotatable bonds is 5. The van der Waals surface area contributed by atoms with Gasteiger partial charge in [-0.25, -0.2) is 0 Å². The van der Waals surface area contributed by atoms with Crippen LogP contribution in [0.15, 0.2) is 47.3 Å². The molecule has 1 fully saturated rings. The molecule has 0 aliphatic carbocycles. The van der Waals surface area contributed by atoms with Gasteiger partial charge in [0.2, 0.25) is 5.91 Å². The number of piperidine rings is 1. The monoisotopic (exact) mass is 313 g/mol. The summed E-state index contributed by atoms with van der Waals surface area (Å²) < 4.78 is 5.58. The van der Waals surface area contributed by atoms with Gasteiger partial charge in [-0.15, -0.1) is 0 Å². The maximum atomic E-state index is 12.3. The van der Waals surface area contributed by atoms with Crippen LogP contribution < -0.4 is 5.32 Å². The second-order valence-corrected chi connectivity index (χ2v) is 6.27. The van der Waals surface area contributed by atoms with Crippen molar-refractivity contribution in [3.05, 3.63) is 54.2 Å². The van der Waals surface area contributed by atoms with E-state index in [1.165, 1.54) is 0 Å². The Morgan fingerprint density at radius 1 is 1.43 bits per heavy atom. The van der Waals surface area contributed by atoms with Gasteiger partial charge in [-0.2, -0.15) is 0 Å². The molecular formula is C18H23N3O2. The summed E-state index contributed by atoms with van der Waals surface area (Å²) in [4.78, 5) is 18.6. The van der Waals surface area contributed by atoms with Crippen LogP contribution in [0.2, 0.25) is 0 Å². The highest BCUT2D eigenvalue weighted by atomic mass is 16.3. The maximum absolute atomic E-state index is 12.3. The summed E-state index contributed by atoms with van der Waals surface area (Å²) >= 11 is 0. The molecule has 0 saturated carbocycles. The first-order valence-corrected chi connectivity index (χ1v) is 8.15. The highest BCUT2D eigenvalue weighted by Crippen LogP contribution is 2.33. The Balaban J connectivity index is 1.57. The molecule has 23 heavy (non-hydrogen) atoms. The topological polar surface area (TPSA) is 58.4 Å². The largest absolute Gasteiger partial charge is 0.468 e. The van der Waals surface area contributed by atoms with Crippen molar-refractivity contribution in [3.63, 3.8) is 0 Å². The van der Waals surface area contributed by atoms with Gasteiger partial charge in [0.15, 0.2) is 0 Å². The summed E-state index contributed by atoms with van der Waals surface area (Å²) in [6.07, 6.45) is 7.36. The van der Waals surface area contributed by atoms with Crippen molar-refractivity contribution >= 4 is 5.91 Å². The molecule has 0 unspecified atom stereocenters. The quantitative estimate of drug-likeness (QED) is 0.922. The van der Waals surface area contributed by atoms with Gasteiger partial charge in [-0.05, 0) is 49.1 Å². The maximum Gasteiger partial charge on any atom is 0.234 e. The third kappa shape index (κ3) is 4.20. The fourth-order valence-electron chi connectivity index (χ4n) is 3.10. The molecule has 122 valence electrons. The number of carbonyl (C=O) groups is 1. The molecule has 3 heterocycles. The smallest absolute Gasteiger partial charge is 0.234 e. The number of nitrogens with zero attached hydrogens (tertiary/aromatic N) is 2. The van der Waals surface area contributed by atoms with E-state index in [1.54, 1.807) is 18.7 Å². The summed E-state index contributed by atoms with van der Waals surface area (Å²) in [5.74, 6) is 1.65. The van der Waals surface area contributed by atoms with Crippen molar-refractivity contribution in [2.75, 3.05) is 13.1 Å². The standard InChI is InChI=1S/C18H23N3O2/c1-14-6-8-21(16(10-14)17-5-3-9-23-17)13-18(22)20-12-15-4-2-7-19-11-15/h2-5,7,9,11,14,16H,6,8,10,12-13H2,1H3,(H,20,22)/t14-,16+/m1/s1. The highest BCUT2D eigenvalue weighted by molar-refractivity contribution is 5.78. The van der Waals surface area contributed by atoms with Gasteiger partial charge in [0.1, 0.15) is 5.76 Å². The molecule has 1 saturated heterocycles. The normalized spacial score (nSPS) is 22.0. The van der Waals surface area contributed by atoms with Crippen LogP contribution in [0.1, 0.15) is 37.1 Å². The number of likely N-dealkylation sites (tertiary alicyclic amines) is 1. The van der Waals surface area contributed by atoms with Gasteiger partial charge in [0.05, 0.1) is 18.8 Å². The van der Waals surface area contributed by atoms with Crippen molar-refractivity contribution < 1.29 is 9.21 Å². The molecular weight excluding hydrogens is 290 g/mol. The number of carbonyl (C=O) groups excluding carboxylic acids is 1. The van der Waals surface area contributed by atoms with Crippen LogP contribution in [-0.2, 0) is 11.3 Å². The lowest BCUT2D eigenvalue weighted by atomic mass is 9.91. The first-order chi connectivity index (χ1) is 11.2. The average molecular weight is 313 g/mol. The first kappa shape index (κ1) is 15.7. The van der Waals surface area contributed by atoms with Gasteiger partial charge < -0.3 is 9.73 Å². The third-order valence-electron chi connectivity index (χ3n) is 4.41. The SMILES string of the molecule is C[C@@H]1CCN(CC(=O)NCc2cccnc2)[C@H](c2ccco2)C1. The van der Waals surface area contributed by atoms with Crippen LogP contribution in [0.25, 0.3) is 0 Å². The Kier molecular flexibility index (Phi) is 5.08. The molecule has 0 bridgehead atoms. The van der Waals surface area contributed by atoms with Crippen molar-refractivity contribution in [1.29, 1.82) is 0 Å². The minimum absolute atomic E-state index is 0.0416. The molecule has 5 heteroatoms. The van der Waals surface area contributed by atoms with E-state index in [1.807, 2.05) is 24.3 Å². The van der Waals surface area contributed by atoms with E-state index in [-0.39, 0.29) is 11.9 Å². The lowest BCUT2D eigenvalue weighted by Gasteiger charge is -2.36. The zero-order valence-electron chi connectivity index (χ0n) is 13.4. The summed E-state index contributed by atoms with van der Waals surface area (Å²) in [5.41, 5.74) is 1.01. The zero-order valence-corrected chi connectivity index (χ0v) is 13.4. The van der Waals surface area contributed by atoms with Gasteiger partial charge >= 0.3 is 0 Å². The van der Waals surface area contributed by atoms with E-state index in [2.05, 4.69) is 22.1 Å². The van der Waals surface area contributed by atoms with Crippen molar-refractivity contribution in [2.24, 2.45) is 5.92 Å². The number of hydrogen-bond donors (Lipinski definition) is 1. The predicted octanol–water partition coefficient (Wildman–Crippen LogP) is 2.76. The Morgan fingerprint density at radius 2 is 2.35 bits per heavy atom. The Hall–Kier alpha value is -2.14. The second-order valence-electron chi connectivity index (χ2n) is 6.27. The van der Waals surface area contributed by atoms with Crippen LogP contribution in [0, 0.1) is 5.92 Å². The van der Waals surface area contributed by atoms with E-state index >= 15 is 0 Å². The van der Waals surface area contributed by atoms with E-state index in [0.717, 1.165) is 30.7 Å². The van der Waals surface area contributed by atoms with Crippen LogP contribution in [0.4, 0.5) is 0 Å². The number of hydrogen-bond acceptors (Lipinski definition) is 4. The number of amides is 1. The fourth-order valence-corrected chi connectivity index (χ4v) is 3.10. The molecule has 2 aromatic rings. The van der Waals surface area contributed by atoms with E-state index in [9.17, 15) is 4.79 Å². The lowest BCUT2D eigenvalue weighted by Crippen LogP contribution is -2.42. The number of aromatic nitrogens is 1. The zero-order chi connectivity index (χ0) is 16.1. The Bertz CT molecular complexity index is 612. The summed E-state index contributed by atoms with van der Waals surface area (Å²) in [6, 6.07) is 7.94. The van der Waals surface area contributed by atoms with E-state index < -0.39 is 0 Å². The molecule has 0 spiro atoms. The molecule has 1 N–H and O–H groups in total. The van der Waals surface area contributed by atoms with Crippen LogP contribution >= 0.6 is 0 Å². The molecule has 2 aromatic heterocycles. The highest BCUT2D eigenvalue weighted by Gasteiger charge is 2.30. The number of furan rings is 1. The molecule has 1 aliphatic rings. The Labute approximate surface area is 136 Å². The third-order valence-corrected chi connectivity index (χ3v) is 4.41. The molecule has 5 nitrogen and oxygen atoms in total. The van der Waals surface area contributed by atoms with Crippen LogP contribution in [0.5, 0.6) is 0 Å². The van der Waals surface area contributed by atoms with Gasteiger partial charge in [0.25, 0.3) is 0 Å².